The normalized spacial score (nSPS) is 12.7. The van der Waals surface area contributed by atoms with E-state index in [0.29, 0.717) is 0 Å². The van der Waals surface area contributed by atoms with E-state index >= 15 is 0 Å². The van der Waals surface area contributed by atoms with Crippen molar-refractivity contribution in [3.8, 4) is 11.3 Å². The van der Waals surface area contributed by atoms with Crippen molar-refractivity contribution >= 4 is 49.5 Å². The van der Waals surface area contributed by atoms with Crippen LogP contribution in [-0.4, -0.2) is 15.9 Å². The summed E-state index contributed by atoms with van der Waals surface area (Å²) in [4.78, 5) is 16.9. The van der Waals surface area contributed by atoms with E-state index in [9.17, 15) is 9.90 Å². The Morgan fingerprint density at radius 1 is 0.820 bits per heavy atom. The number of hydrogen-bond acceptors (Lipinski definition) is 5. The van der Waals surface area contributed by atoms with Gasteiger partial charge in [0.2, 0.25) is 0 Å². The van der Waals surface area contributed by atoms with Gasteiger partial charge >= 0.3 is 0 Å². The fraction of sp³-hybridized carbons (Fsp3) is 0.409. The van der Waals surface area contributed by atoms with Crippen molar-refractivity contribution in [2.45, 2.75) is 107 Å². The summed E-state index contributed by atoms with van der Waals surface area (Å²) in [6.07, 6.45) is 6.62. The number of carbonyl (C=O) groups is 1. The summed E-state index contributed by atoms with van der Waals surface area (Å²) in [5.74, 6) is 1.22. The molecular weight excluding hydrogens is 799 g/mol. The average molecular weight is 851 g/mol. The number of fused-ring (bicyclic) bond motifs is 6. The van der Waals surface area contributed by atoms with Crippen molar-refractivity contribution in [1.29, 1.82) is 0 Å². The van der Waals surface area contributed by atoms with E-state index in [1.165, 1.54) is 17.0 Å². The Labute approximate surface area is 310 Å². The van der Waals surface area contributed by atoms with E-state index in [1.807, 2.05) is 72.9 Å². The van der Waals surface area contributed by atoms with Gasteiger partial charge in [0.15, 0.2) is 5.78 Å². The quantitative estimate of drug-likeness (QED) is 0.0938. The number of hydrogen-bond donors (Lipinski definition) is 1. The van der Waals surface area contributed by atoms with Crippen molar-refractivity contribution in [1.82, 2.24) is 4.98 Å². The molecule has 0 aliphatic carbocycles. The molecule has 3 aromatic heterocycles. The molecule has 1 radical (unpaired) electrons. The van der Waals surface area contributed by atoms with Crippen LogP contribution in [0.3, 0.4) is 0 Å². The number of aliphatic hydroxyl groups is 1. The summed E-state index contributed by atoms with van der Waals surface area (Å²) in [6, 6.07) is 20.3. The van der Waals surface area contributed by atoms with E-state index in [1.54, 1.807) is 0 Å². The molecule has 0 saturated heterocycles. The van der Waals surface area contributed by atoms with Gasteiger partial charge in [0.25, 0.3) is 0 Å². The van der Waals surface area contributed by atoms with E-state index in [2.05, 4.69) is 64.1 Å². The maximum atomic E-state index is 12.2. The number of ketones is 1. The van der Waals surface area contributed by atoms with E-state index in [0.717, 1.165) is 86.6 Å². The molecular formula is C44H52IrNO4-. The minimum atomic E-state index is -0.337. The van der Waals surface area contributed by atoms with Crippen LogP contribution in [0.1, 0.15) is 105 Å². The van der Waals surface area contributed by atoms with Gasteiger partial charge < -0.3 is 13.9 Å². The van der Waals surface area contributed by atoms with E-state index in [-0.39, 0.29) is 47.9 Å². The fourth-order valence-corrected chi connectivity index (χ4v) is 6.50. The average Bonchev–Trinajstić information content (AvgIpc) is 3.62. The Hall–Kier alpha value is -3.73. The predicted molar refractivity (Wildman–Crippen MR) is 204 cm³/mol. The first-order valence-electron chi connectivity index (χ1n) is 17.7. The Morgan fingerprint density at radius 2 is 1.42 bits per heavy atom. The minimum Gasteiger partial charge on any atom is -0.512 e. The molecule has 267 valence electrons. The monoisotopic (exact) mass is 851 g/mol. The molecule has 0 spiro atoms. The maximum absolute atomic E-state index is 12.2. The zero-order valence-electron chi connectivity index (χ0n) is 31.6. The van der Waals surface area contributed by atoms with Gasteiger partial charge in [-0.1, -0.05) is 91.5 Å². The Morgan fingerprint density at radius 3 is 2.02 bits per heavy atom. The number of benzene rings is 3. The number of aromatic nitrogens is 1. The molecule has 0 unspecified atom stereocenters. The second kappa shape index (κ2) is 14.9. The van der Waals surface area contributed by atoms with Crippen LogP contribution in [-0.2, 0) is 30.3 Å². The van der Waals surface area contributed by atoms with Gasteiger partial charge in [-0.3, -0.25) is 9.78 Å². The summed E-state index contributed by atoms with van der Waals surface area (Å²) in [5, 5.41) is 15.7. The third kappa shape index (κ3) is 7.07. The van der Waals surface area contributed by atoms with Crippen LogP contribution in [0.25, 0.3) is 54.9 Å². The van der Waals surface area contributed by atoms with E-state index < -0.39 is 0 Å². The van der Waals surface area contributed by atoms with Crippen LogP contribution < -0.4 is 0 Å². The molecule has 3 heterocycles. The second-order valence-corrected chi connectivity index (χ2v) is 15.1. The van der Waals surface area contributed by atoms with Gasteiger partial charge in [-0.25, -0.2) is 0 Å². The number of aryl methyl sites for hydroxylation is 2. The molecule has 0 aliphatic heterocycles. The van der Waals surface area contributed by atoms with Crippen LogP contribution in [0.15, 0.2) is 75.4 Å². The Bertz CT molecular complexity index is 2190. The molecule has 50 heavy (non-hydrogen) atoms. The molecule has 0 aliphatic rings. The van der Waals surface area contributed by atoms with Crippen molar-refractivity contribution in [3.63, 3.8) is 0 Å². The standard InChI is InChI=1S/C29H24NO2.C15H28O2.Ir/c1-16-17(2)31-23-10-11-24-26(25(16)23)21-12-13-30-27(28(21)32-24)19-14-18-8-6-7-9-20(18)22(15-19)29(3,4)5;1-7-14(5,8-2)12(16)11-13(17)15(6,9-3)10-4;/h6-13,15H,1-5H3;11,16H,7-10H2,1-6H3;/q-1;;/b;12-11-;. The van der Waals surface area contributed by atoms with Gasteiger partial charge in [0.05, 0.1) is 0 Å². The number of nitrogens with zero attached hydrogens (tertiary/aromatic N) is 1. The second-order valence-electron chi connectivity index (χ2n) is 15.1. The van der Waals surface area contributed by atoms with E-state index in [4.69, 9.17) is 13.8 Å². The molecule has 6 aromatic rings. The molecule has 3 aromatic carbocycles. The number of allylic oxidation sites excluding steroid dienone is 2. The third-order valence-electron chi connectivity index (χ3n) is 11.1. The largest absolute Gasteiger partial charge is 0.512 e. The smallest absolute Gasteiger partial charge is 0.164 e. The van der Waals surface area contributed by atoms with Gasteiger partial charge in [-0.2, -0.15) is 0 Å². The molecule has 1 N–H and O–H groups in total. The van der Waals surface area contributed by atoms with Gasteiger partial charge in [0.1, 0.15) is 28.3 Å². The number of rotatable bonds is 8. The minimum absolute atomic E-state index is 0. The molecule has 0 atom stereocenters. The summed E-state index contributed by atoms with van der Waals surface area (Å²) < 4.78 is 12.4. The van der Waals surface area contributed by atoms with Crippen LogP contribution in [0.4, 0.5) is 0 Å². The summed E-state index contributed by atoms with van der Waals surface area (Å²) in [5.41, 5.74) is 6.12. The first-order chi connectivity index (χ1) is 23.1. The molecule has 0 bridgehead atoms. The molecule has 5 nitrogen and oxygen atoms in total. The topological polar surface area (TPSA) is 76.5 Å². The third-order valence-corrected chi connectivity index (χ3v) is 11.1. The number of pyridine rings is 1. The molecule has 6 heteroatoms. The first kappa shape index (κ1) is 39.1. The van der Waals surface area contributed by atoms with Crippen LogP contribution in [0, 0.1) is 30.7 Å². The van der Waals surface area contributed by atoms with Gasteiger partial charge in [0, 0.05) is 65.1 Å². The first-order valence-corrected chi connectivity index (χ1v) is 17.7. The zero-order valence-corrected chi connectivity index (χ0v) is 33.9. The Balaban J connectivity index is 0.000000269. The van der Waals surface area contributed by atoms with Crippen molar-refractivity contribution in [2.24, 2.45) is 10.8 Å². The summed E-state index contributed by atoms with van der Waals surface area (Å²) in [7, 11) is 0. The summed E-state index contributed by atoms with van der Waals surface area (Å²) in [6.45, 7) is 22.9. The summed E-state index contributed by atoms with van der Waals surface area (Å²) >= 11 is 0. The number of furan rings is 2. The van der Waals surface area contributed by atoms with Crippen molar-refractivity contribution in [2.75, 3.05) is 0 Å². The van der Waals surface area contributed by atoms with Crippen molar-refractivity contribution in [3.05, 3.63) is 89.5 Å². The van der Waals surface area contributed by atoms with Crippen LogP contribution >= 0.6 is 0 Å². The zero-order chi connectivity index (χ0) is 35.9. The molecule has 0 fully saturated rings. The van der Waals surface area contributed by atoms with Crippen LogP contribution in [0.2, 0.25) is 0 Å². The molecule has 0 saturated carbocycles. The number of carbonyl (C=O) groups excluding carboxylic acids is 1. The molecule has 0 amide bonds. The fourth-order valence-electron chi connectivity index (χ4n) is 6.50. The maximum Gasteiger partial charge on any atom is 0.164 e. The van der Waals surface area contributed by atoms with Crippen LogP contribution in [0.5, 0.6) is 0 Å². The van der Waals surface area contributed by atoms with Crippen molar-refractivity contribution < 1.29 is 38.8 Å². The van der Waals surface area contributed by atoms with Gasteiger partial charge in [-0.15, -0.1) is 29.1 Å². The number of aliphatic hydroxyl groups excluding tert-OH is 1. The predicted octanol–water partition coefficient (Wildman–Crippen LogP) is 12.9. The Kier molecular flexibility index (Phi) is 11.6. The SMILES string of the molecule is CCC(C)(CC)C(=O)/C=C(\O)C(C)(CC)CC.Cc1oc2ccc3oc4c(-c5[c-]c6ccccc6c(C(C)(C)C)c5)nccc4c3c2c1C.[Ir]. The molecule has 6 rings (SSSR count). The van der Waals surface area contributed by atoms with Gasteiger partial charge in [-0.05, 0) is 68.7 Å².